The van der Waals surface area contributed by atoms with Crippen molar-refractivity contribution in [2.45, 2.75) is 58.2 Å². The Labute approximate surface area is 147 Å². The average Bonchev–Trinajstić information content (AvgIpc) is 3.26. The van der Waals surface area contributed by atoms with Crippen molar-refractivity contribution in [3.63, 3.8) is 0 Å². The molecular formula is C19H25N3OS. The third-order valence-corrected chi connectivity index (χ3v) is 5.47. The third-order valence-electron chi connectivity index (χ3n) is 4.73. The second kappa shape index (κ2) is 7.79. The molecule has 0 aromatic carbocycles. The maximum atomic E-state index is 12.9. The summed E-state index contributed by atoms with van der Waals surface area (Å²) in [5.74, 6) is 0. The van der Waals surface area contributed by atoms with E-state index in [0.29, 0.717) is 12.6 Å². The zero-order valence-corrected chi connectivity index (χ0v) is 15.2. The molecule has 1 unspecified atom stereocenters. The van der Waals surface area contributed by atoms with Crippen LogP contribution in [0.2, 0.25) is 0 Å². The molecule has 24 heavy (non-hydrogen) atoms. The van der Waals surface area contributed by atoms with Gasteiger partial charge >= 0.3 is 6.03 Å². The Kier molecular flexibility index (Phi) is 5.51. The molecule has 0 aliphatic heterocycles. The average molecular weight is 343 g/mol. The van der Waals surface area contributed by atoms with Gasteiger partial charge in [0, 0.05) is 24.5 Å². The highest BCUT2D eigenvalue weighted by Crippen LogP contribution is 2.26. The number of nitrogens with zero attached hydrogens (tertiary/aromatic N) is 2. The van der Waals surface area contributed by atoms with E-state index < -0.39 is 0 Å². The topological polar surface area (TPSA) is 45.2 Å². The number of thiophene rings is 1. The maximum Gasteiger partial charge on any atom is 0.318 e. The SMILES string of the molecule is Cc1ccc(C(C)NC(=O)N(Cc2ccsc2)C2CCCC2)cn1. The van der Waals surface area contributed by atoms with E-state index in [9.17, 15) is 4.79 Å². The lowest BCUT2D eigenvalue weighted by molar-refractivity contribution is 0.168. The predicted octanol–water partition coefficient (Wildman–Crippen LogP) is 4.67. The first-order chi connectivity index (χ1) is 11.6. The molecule has 0 saturated heterocycles. The van der Waals surface area contributed by atoms with E-state index >= 15 is 0 Å². The van der Waals surface area contributed by atoms with Gasteiger partial charge in [-0.1, -0.05) is 18.9 Å². The zero-order valence-electron chi connectivity index (χ0n) is 14.4. The Balaban J connectivity index is 1.69. The van der Waals surface area contributed by atoms with Gasteiger partial charge < -0.3 is 10.2 Å². The van der Waals surface area contributed by atoms with Crippen LogP contribution in [0.3, 0.4) is 0 Å². The van der Waals surface area contributed by atoms with Crippen LogP contribution < -0.4 is 5.32 Å². The molecule has 0 spiro atoms. The van der Waals surface area contributed by atoms with Crippen molar-refractivity contribution >= 4 is 17.4 Å². The van der Waals surface area contributed by atoms with Crippen molar-refractivity contribution in [2.24, 2.45) is 0 Å². The zero-order chi connectivity index (χ0) is 16.9. The van der Waals surface area contributed by atoms with Gasteiger partial charge in [-0.25, -0.2) is 4.79 Å². The molecule has 2 aromatic rings. The number of carbonyl (C=O) groups excluding carboxylic acids is 1. The predicted molar refractivity (Wildman–Crippen MR) is 98.0 cm³/mol. The standard InChI is InChI=1S/C19H25N3OS/c1-14-7-8-17(11-20-14)15(2)21-19(23)22(18-5-3-4-6-18)12-16-9-10-24-13-16/h7-11,13,15,18H,3-6,12H2,1-2H3,(H,21,23). The van der Waals surface area contributed by atoms with Crippen molar-refractivity contribution in [1.82, 2.24) is 15.2 Å². The van der Waals surface area contributed by atoms with Gasteiger partial charge in [0.15, 0.2) is 0 Å². The summed E-state index contributed by atoms with van der Waals surface area (Å²) in [7, 11) is 0. The van der Waals surface area contributed by atoms with E-state index in [1.54, 1.807) is 11.3 Å². The minimum atomic E-state index is -0.0445. The monoisotopic (exact) mass is 343 g/mol. The number of rotatable bonds is 5. The van der Waals surface area contributed by atoms with Crippen LogP contribution in [0.1, 0.15) is 55.5 Å². The van der Waals surface area contributed by atoms with Crippen LogP contribution in [0.15, 0.2) is 35.2 Å². The second-order valence-corrected chi connectivity index (χ2v) is 7.38. The number of pyridine rings is 1. The highest BCUT2D eigenvalue weighted by atomic mass is 32.1. The minimum absolute atomic E-state index is 0.0289. The van der Waals surface area contributed by atoms with Crippen LogP contribution in [0.25, 0.3) is 0 Å². The summed E-state index contributed by atoms with van der Waals surface area (Å²) in [6.07, 6.45) is 6.50. The molecule has 1 saturated carbocycles. The summed E-state index contributed by atoms with van der Waals surface area (Å²) < 4.78 is 0. The van der Waals surface area contributed by atoms with E-state index in [4.69, 9.17) is 0 Å². The van der Waals surface area contributed by atoms with E-state index in [1.807, 2.05) is 37.1 Å². The van der Waals surface area contributed by atoms with Crippen molar-refractivity contribution in [3.8, 4) is 0 Å². The van der Waals surface area contributed by atoms with Crippen LogP contribution in [-0.4, -0.2) is 22.0 Å². The maximum absolute atomic E-state index is 12.9. The van der Waals surface area contributed by atoms with Crippen molar-refractivity contribution in [2.75, 3.05) is 0 Å². The summed E-state index contributed by atoms with van der Waals surface area (Å²) in [6.45, 7) is 4.68. The second-order valence-electron chi connectivity index (χ2n) is 6.60. The molecule has 1 atom stereocenters. The van der Waals surface area contributed by atoms with Gasteiger partial charge in [-0.3, -0.25) is 4.98 Å². The number of hydrogen-bond donors (Lipinski definition) is 1. The Morgan fingerprint density at radius 2 is 2.17 bits per heavy atom. The van der Waals surface area contributed by atoms with Gasteiger partial charge in [-0.15, -0.1) is 0 Å². The van der Waals surface area contributed by atoms with Crippen LogP contribution in [0, 0.1) is 6.92 Å². The Morgan fingerprint density at radius 1 is 1.38 bits per heavy atom. The molecule has 5 heteroatoms. The lowest BCUT2D eigenvalue weighted by Crippen LogP contribution is -2.45. The number of urea groups is 1. The van der Waals surface area contributed by atoms with Gasteiger partial charge in [0.05, 0.1) is 6.04 Å². The normalized spacial score (nSPS) is 16.1. The summed E-state index contributed by atoms with van der Waals surface area (Å²) in [6, 6.07) is 6.46. The number of carbonyl (C=O) groups is 1. The molecule has 2 aromatic heterocycles. The lowest BCUT2D eigenvalue weighted by Gasteiger charge is -2.30. The summed E-state index contributed by atoms with van der Waals surface area (Å²) in [5, 5.41) is 7.35. The number of aryl methyl sites for hydroxylation is 1. The summed E-state index contributed by atoms with van der Waals surface area (Å²) >= 11 is 1.68. The van der Waals surface area contributed by atoms with Gasteiger partial charge in [-0.2, -0.15) is 11.3 Å². The quantitative estimate of drug-likeness (QED) is 0.857. The van der Waals surface area contributed by atoms with E-state index in [2.05, 4.69) is 27.1 Å². The van der Waals surface area contributed by atoms with E-state index in [-0.39, 0.29) is 12.1 Å². The highest BCUT2D eigenvalue weighted by molar-refractivity contribution is 7.07. The molecule has 4 nitrogen and oxygen atoms in total. The Morgan fingerprint density at radius 3 is 2.79 bits per heavy atom. The van der Waals surface area contributed by atoms with Gasteiger partial charge in [0.25, 0.3) is 0 Å². The smallest absolute Gasteiger partial charge is 0.318 e. The largest absolute Gasteiger partial charge is 0.331 e. The van der Waals surface area contributed by atoms with E-state index in [1.165, 1.54) is 18.4 Å². The fourth-order valence-corrected chi connectivity index (χ4v) is 3.91. The molecule has 1 aliphatic rings. The minimum Gasteiger partial charge on any atom is -0.331 e. The van der Waals surface area contributed by atoms with Crippen LogP contribution in [0.4, 0.5) is 4.79 Å². The fraction of sp³-hybridized carbons (Fsp3) is 0.474. The third kappa shape index (κ3) is 4.15. The van der Waals surface area contributed by atoms with Gasteiger partial charge in [-0.05, 0) is 60.7 Å². The molecule has 3 rings (SSSR count). The molecular weight excluding hydrogens is 318 g/mol. The summed E-state index contributed by atoms with van der Waals surface area (Å²) in [4.78, 5) is 19.3. The first-order valence-electron chi connectivity index (χ1n) is 8.64. The van der Waals surface area contributed by atoms with Crippen molar-refractivity contribution < 1.29 is 4.79 Å². The number of amides is 2. The molecule has 1 fully saturated rings. The van der Waals surface area contributed by atoms with Crippen molar-refractivity contribution in [3.05, 3.63) is 52.0 Å². The number of hydrogen-bond acceptors (Lipinski definition) is 3. The lowest BCUT2D eigenvalue weighted by atomic mass is 10.1. The molecule has 1 N–H and O–H groups in total. The Bertz CT molecular complexity index is 648. The van der Waals surface area contributed by atoms with Crippen LogP contribution >= 0.6 is 11.3 Å². The van der Waals surface area contributed by atoms with Crippen LogP contribution in [0.5, 0.6) is 0 Å². The van der Waals surface area contributed by atoms with Gasteiger partial charge in [0.1, 0.15) is 0 Å². The number of aromatic nitrogens is 1. The van der Waals surface area contributed by atoms with Crippen LogP contribution in [-0.2, 0) is 6.54 Å². The first kappa shape index (κ1) is 17.0. The Hall–Kier alpha value is -1.88. The molecule has 128 valence electrons. The fourth-order valence-electron chi connectivity index (χ4n) is 3.25. The first-order valence-corrected chi connectivity index (χ1v) is 9.58. The van der Waals surface area contributed by atoms with Crippen molar-refractivity contribution in [1.29, 1.82) is 0 Å². The highest BCUT2D eigenvalue weighted by Gasteiger charge is 2.27. The molecule has 1 aliphatic carbocycles. The van der Waals surface area contributed by atoms with E-state index in [0.717, 1.165) is 24.1 Å². The molecule has 2 amide bonds. The number of nitrogens with one attached hydrogen (secondary N) is 1. The summed E-state index contributed by atoms with van der Waals surface area (Å²) in [5.41, 5.74) is 3.24. The molecule has 2 heterocycles. The molecule has 0 bridgehead atoms. The molecule has 0 radical (unpaired) electrons. The van der Waals surface area contributed by atoms with Gasteiger partial charge in [0.2, 0.25) is 0 Å².